The zero-order chi connectivity index (χ0) is 21.8. The van der Waals surface area contributed by atoms with Crippen LogP contribution in [0.4, 0.5) is 0 Å². The lowest BCUT2D eigenvalue weighted by Crippen LogP contribution is -2.38. The Bertz CT molecular complexity index is 1260. The van der Waals surface area contributed by atoms with E-state index in [-0.39, 0.29) is 23.3 Å². The first-order valence-electron chi connectivity index (χ1n) is 10.7. The van der Waals surface area contributed by atoms with E-state index in [1.54, 1.807) is 23.4 Å². The zero-order valence-electron chi connectivity index (χ0n) is 17.7. The van der Waals surface area contributed by atoms with E-state index in [4.69, 9.17) is 4.74 Å². The molecule has 1 aliphatic carbocycles. The number of ether oxygens (including phenoxy) is 1. The molecule has 1 spiro atoms. The van der Waals surface area contributed by atoms with Gasteiger partial charge in [0.15, 0.2) is 0 Å². The average molecular weight is 439 g/mol. The van der Waals surface area contributed by atoms with Gasteiger partial charge in [-0.3, -0.25) is 4.79 Å². The molecule has 0 radical (unpaired) electrons. The normalized spacial score (nSPS) is 23.5. The van der Waals surface area contributed by atoms with Crippen LogP contribution in [0.25, 0.3) is 10.9 Å². The van der Waals surface area contributed by atoms with E-state index in [9.17, 15) is 13.2 Å². The average Bonchev–Trinajstić information content (AvgIpc) is 3.41. The third-order valence-electron chi connectivity index (χ3n) is 6.69. The number of H-pyrrole nitrogens is 1. The third kappa shape index (κ3) is 3.18. The Balaban J connectivity index is 1.59. The molecule has 1 aromatic heterocycles. The van der Waals surface area contributed by atoms with Crippen LogP contribution in [0.5, 0.6) is 0 Å². The van der Waals surface area contributed by atoms with Gasteiger partial charge in [0, 0.05) is 35.1 Å². The summed E-state index contributed by atoms with van der Waals surface area (Å²) in [5, 5.41) is 1.10. The minimum Gasteiger partial charge on any atom is -0.466 e. The van der Waals surface area contributed by atoms with Crippen LogP contribution in [0.2, 0.25) is 0 Å². The highest BCUT2D eigenvalue weighted by Crippen LogP contribution is 2.58. The second-order valence-corrected chi connectivity index (χ2v) is 10.5. The van der Waals surface area contributed by atoms with Gasteiger partial charge in [-0.2, -0.15) is 4.31 Å². The molecule has 1 fully saturated rings. The van der Waals surface area contributed by atoms with E-state index in [1.807, 2.05) is 37.3 Å². The van der Waals surface area contributed by atoms with Gasteiger partial charge in [-0.1, -0.05) is 35.9 Å². The number of hydrogen-bond acceptors (Lipinski definition) is 4. The van der Waals surface area contributed by atoms with Crippen molar-refractivity contribution in [1.82, 2.24) is 9.29 Å². The van der Waals surface area contributed by atoms with Crippen molar-refractivity contribution in [2.45, 2.75) is 37.0 Å². The maximum Gasteiger partial charge on any atom is 0.309 e. The highest BCUT2D eigenvalue weighted by Gasteiger charge is 2.63. The van der Waals surface area contributed by atoms with Crippen molar-refractivity contribution in [2.24, 2.45) is 5.92 Å². The van der Waals surface area contributed by atoms with E-state index in [0.29, 0.717) is 26.0 Å². The molecule has 1 aliphatic heterocycles. The topological polar surface area (TPSA) is 79.5 Å². The van der Waals surface area contributed by atoms with Gasteiger partial charge in [0.1, 0.15) is 0 Å². The van der Waals surface area contributed by atoms with Crippen molar-refractivity contribution >= 4 is 26.9 Å². The van der Waals surface area contributed by atoms with Gasteiger partial charge < -0.3 is 9.72 Å². The summed E-state index contributed by atoms with van der Waals surface area (Å²) in [6.45, 7) is 4.69. The first-order chi connectivity index (χ1) is 14.9. The fourth-order valence-corrected chi connectivity index (χ4v) is 6.48. The van der Waals surface area contributed by atoms with Crippen LogP contribution in [-0.4, -0.2) is 43.4 Å². The number of esters is 1. The lowest BCUT2D eigenvalue weighted by atomic mass is 9.95. The Labute approximate surface area is 182 Å². The molecule has 2 heterocycles. The standard InChI is InChI=1S/C24H26N2O4S/c1-3-30-23(27)20-14-24(20)15-26(31(28,29)17-10-8-16(2)9-11-17)13-12-19-18-6-4-5-7-21(18)25-22(19)24/h4-11,20,25H,3,12-15H2,1-2H3/t20-,24-/m0/s1. The summed E-state index contributed by atoms with van der Waals surface area (Å²) in [5.74, 6) is -0.588. The summed E-state index contributed by atoms with van der Waals surface area (Å²) in [7, 11) is -3.68. The number of para-hydroxylation sites is 1. The van der Waals surface area contributed by atoms with E-state index < -0.39 is 15.4 Å². The highest BCUT2D eigenvalue weighted by atomic mass is 32.2. The van der Waals surface area contributed by atoms with Crippen LogP contribution < -0.4 is 0 Å². The van der Waals surface area contributed by atoms with Crippen molar-refractivity contribution in [1.29, 1.82) is 0 Å². The Morgan fingerprint density at radius 1 is 1.19 bits per heavy atom. The summed E-state index contributed by atoms with van der Waals surface area (Å²) in [5.41, 5.74) is 3.57. The molecular formula is C24H26N2O4S. The molecule has 1 saturated carbocycles. The lowest BCUT2D eigenvalue weighted by molar-refractivity contribution is -0.145. The molecule has 3 aromatic rings. The fraction of sp³-hybridized carbons (Fsp3) is 0.375. The number of aromatic nitrogens is 1. The van der Waals surface area contributed by atoms with Gasteiger partial charge in [0.2, 0.25) is 10.0 Å². The smallest absolute Gasteiger partial charge is 0.309 e. The molecular weight excluding hydrogens is 412 g/mol. The largest absolute Gasteiger partial charge is 0.466 e. The van der Waals surface area contributed by atoms with Gasteiger partial charge >= 0.3 is 5.97 Å². The van der Waals surface area contributed by atoms with Crippen LogP contribution in [0.15, 0.2) is 53.4 Å². The molecule has 2 atom stereocenters. The van der Waals surface area contributed by atoms with Crippen molar-refractivity contribution in [3.63, 3.8) is 0 Å². The van der Waals surface area contributed by atoms with Crippen LogP contribution in [0.3, 0.4) is 0 Å². The first kappa shape index (κ1) is 20.3. The van der Waals surface area contributed by atoms with Gasteiger partial charge in [0.05, 0.1) is 17.4 Å². The van der Waals surface area contributed by atoms with Crippen LogP contribution in [0.1, 0.15) is 30.2 Å². The number of sulfonamides is 1. The predicted molar refractivity (Wildman–Crippen MR) is 118 cm³/mol. The number of rotatable bonds is 4. The highest BCUT2D eigenvalue weighted by molar-refractivity contribution is 7.89. The van der Waals surface area contributed by atoms with Crippen LogP contribution in [-0.2, 0) is 31.4 Å². The molecule has 0 saturated heterocycles. The Morgan fingerprint density at radius 2 is 1.94 bits per heavy atom. The number of carbonyl (C=O) groups is 1. The quantitative estimate of drug-likeness (QED) is 0.632. The molecule has 1 N–H and O–H groups in total. The van der Waals surface area contributed by atoms with E-state index in [2.05, 4.69) is 11.1 Å². The van der Waals surface area contributed by atoms with Gasteiger partial charge in [-0.15, -0.1) is 0 Å². The van der Waals surface area contributed by atoms with Gasteiger partial charge in [-0.25, -0.2) is 8.42 Å². The van der Waals surface area contributed by atoms with E-state index >= 15 is 0 Å². The van der Waals surface area contributed by atoms with E-state index in [1.165, 1.54) is 0 Å². The fourth-order valence-electron chi connectivity index (χ4n) is 4.97. The molecule has 2 aromatic carbocycles. The van der Waals surface area contributed by atoms with Crippen LogP contribution >= 0.6 is 0 Å². The Kier molecular flexibility index (Phi) is 4.71. The zero-order valence-corrected chi connectivity index (χ0v) is 18.5. The summed E-state index contributed by atoms with van der Waals surface area (Å²) in [4.78, 5) is 16.5. The molecule has 7 heteroatoms. The number of aromatic amines is 1. The molecule has 2 aliphatic rings. The summed E-state index contributed by atoms with van der Waals surface area (Å²) < 4.78 is 33.9. The van der Waals surface area contributed by atoms with E-state index in [0.717, 1.165) is 27.7 Å². The Morgan fingerprint density at radius 3 is 2.68 bits per heavy atom. The van der Waals surface area contributed by atoms with Crippen molar-refractivity contribution in [2.75, 3.05) is 19.7 Å². The number of carbonyl (C=O) groups excluding carboxylic acids is 1. The summed E-state index contributed by atoms with van der Waals surface area (Å²) in [6, 6.07) is 15.0. The lowest BCUT2D eigenvalue weighted by Gasteiger charge is -2.25. The minimum absolute atomic E-state index is 0.248. The SMILES string of the molecule is CCOC(=O)[C@@H]1C[C@]12CN(S(=O)(=O)c1ccc(C)cc1)CCc1c2[nH]c2ccccc12. The summed E-state index contributed by atoms with van der Waals surface area (Å²) >= 11 is 0. The first-order valence-corrected chi connectivity index (χ1v) is 12.1. The van der Waals surface area contributed by atoms with Crippen LogP contribution in [0, 0.1) is 12.8 Å². The molecule has 0 amide bonds. The van der Waals surface area contributed by atoms with Gasteiger partial charge in [-0.05, 0) is 50.5 Å². The molecule has 162 valence electrons. The number of aryl methyl sites for hydroxylation is 1. The maximum atomic E-state index is 13.5. The third-order valence-corrected chi connectivity index (χ3v) is 8.55. The molecule has 5 rings (SSSR count). The number of benzene rings is 2. The van der Waals surface area contributed by atoms with Gasteiger partial charge in [0.25, 0.3) is 0 Å². The van der Waals surface area contributed by atoms with Crippen molar-refractivity contribution < 1.29 is 17.9 Å². The summed E-state index contributed by atoms with van der Waals surface area (Å²) in [6.07, 6.45) is 1.19. The maximum absolute atomic E-state index is 13.5. The second kappa shape index (κ2) is 7.21. The number of nitrogens with one attached hydrogen (secondary N) is 1. The number of fused-ring (bicyclic) bond motifs is 4. The molecule has 31 heavy (non-hydrogen) atoms. The molecule has 0 unspecified atom stereocenters. The minimum atomic E-state index is -3.68. The Hall–Kier alpha value is -2.64. The van der Waals surface area contributed by atoms with Crippen molar-refractivity contribution in [3.8, 4) is 0 Å². The predicted octanol–water partition coefficient (Wildman–Crippen LogP) is 3.54. The molecule has 0 bridgehead atoms. The number of nitrogens with zero attached hydrogens (tertiary/aromatic N) is 1. The second-order valence-electron chi connectivity index (χ2n) is 8.59. The monoisotopic (exact) mass is 438 g/mol. The number of hydrogen-bond donors (Lipinski definition) is 1. The molecule has 6 nitrogen and oxygen atoms in total. The van der Waals surface area contributed by atoms with Crippen molar-refractivity contribution in [3.05, 3.63) is 65.4 Å².